The molecule has 0 radical (unpaired) electrons. The highest BCUT2D eigenvalue weighted by molar-refractivity contribution is 5.90. The van der Waals surface area contributed by atoms with Crippen LogP contribution >= 0.6 is 12.4 Å². The number of unbranched alkanes of at least 4 members (excludes halogenated alkanes) is 2. The van der Waals surface area contributed by atoms with Crippen LogP contribution in [-0.2, 0) is 9.53 Å². The van der Waals surface area contributed by atoms with Crippen LogP contribution in [0, 0.1) is 0 Å². The van der Waals surface area contributed by atoms with Gasteiger partial charge in [0, 0.05) is 25.8 Å². The summed E-state index contributed by atoms with van der Waals surface area (Å²) in [6.07, 6.45) is 2.59. The Morgan fingerprint density at radius 2 is 1.84 bits per heavy atom. The largest absolute Gasteiger partial charge is 0.481 e. The Morgan fingerprint density at radius 3 is 2.45 bits per heavy atom. The second kappa shape index (κ2) is 13.6. The first-order valence-electron chi connectivity index (χ1n) is 10.4. The van der Waals surface area contributed by atoms with Crippen LogP contribution < -0.4 is 10.2 Å². The fourth-order valence-electron chi connectivity index (χ4n) is 3.07. The molecule has 2 N–H and O–H groups in total. The number of urea groups is 1. The zero-order valence-electron chi connectivity index (χ0n) is 18.3. The number of carbonyl (C=O) groups excluding carboxylic acids is 1. The number of benzene rings is 1. The summed E-state index contributed by atoms with van der Waals surface area (Å²) in [6.45, 7) is 5.06. The molecule has 2 aromatic rings. The maximum absolute atomic E-state index is 12.3. The second-order valence-electron chi connectivity index (χ2n) is 7.04. The molecule has 31 heavy (non-hydrogen) atoms. The molecular weight excluding hydrogens is 418 g/mol. The molecule has 1 unspecified atom stereocenters. The number of aliphatic carboxylic acids is 1. The lowest BCUT2D eigenvalue weighted by atomic mass is 10.0. The second-order valence-corrected chi connectivity index (χ2v) is 7.04. The Labute approximate surface area is 190 Å². The summed E-state index contributed by atoms with van der Waals surface area (Å²) in [6, 6.07) is 12.8. The molecule has 0 aliphatic rings. The highest BCUT2D eigenvalue weighted by atomic mass is 35.5. The lowest BCUT2D eigenvalue weighted by molar-refractivity contribution is -0.140. The molecule has 1 aromatic heterocycles. The molecule has 8 heteroatoms. The van der Waals surface area contributed by atoms with E-state index in [0.29, 0.717) is 19.0 Å². The zero-order chi connectivity index (χ0) is 21.9. The minimum Gasteiger partial charge on any atom is -0.481 e. The Hall–Kier alpha value is -2.64. The topological polar surface area (TPSA) is 91.8 Å². The smallest absolute Gasteiger partial charge is 0.322 e. The maximum Gasteiger partial charge on any atom is 0.322 e. The number of rotatable bonds is 11. The highest BCUT2D eigenvalue weighted by Crippen LogP contribution is 2.26. The van der Waals surface area contributed by atoms with E-state index in [9.17, 15) is 9.59 Å². The van der Waals surface area contributed by atoms with Gasteiger partial charge in [0.1, 0.15) is 5.82 Å². The Morgan fingerprint density at radius 1 is 1.13 bits per heavy atom. The van der Waals surface area contributed by atoms with Crippen LogP contribution in [0.4, 0.5) is 10.6 Å². The molecule has 7 nitrogen and oxygen atoms in total. The van der Waals surface area contributed by atoms with E-state index in [1.807, 2.05) is 43.3 Å². The summed E-state index contributed by atoms with van der Waals surface area (Å²) in [5.74, 6) is -0.342. The van der Waals surface area contributed by atoms with Gasteiger partial charge < -0.3 is 15.2 Å². The molecule has 1 aromatic carbocycles. The summed E-state index contributed by atoms with van der Waals surface area (Å²) in [7, 11) is 1.70. The first kappa shape index (κ1) is 26.4. The van der Waals surface area contributed by atoms with E-state index in [2.05, 4.69) is 17.2 Å². The van der Waals surface area contributed by atoms with Crippen LogP contribution in [0.1, 0.15) is 51.2 Å². The van der Waals surface area contributed by atoms with E-state index < -0.39 is 12.1 Å². The number of carboxylic acids is 1. The molecule has 0 aliphatic carbocycles. The number of pyridine rings is 1. The number of hydrogen-bond donors (Lipinski definition) is 2. The molecular formula is C23H32ClN3O4. The Kier molecular flexibility index (Phi) is 11.6. The summed E-state index contributed by atoms with van der Waals surface area (Å²) < 4.78 is 5.56. The van der Waals surface area contributed by atoms with E-state index in [1.54, 1.807) is 13.1 Å². The van der Waals surface area contributed by atoms with Gasteiger partial charge in [0.05, 0.1) is 18.2 Å². The van der Waals surface area contributed by atoms with Crippen molar-refractivity contribution < 1.29 is 19.4 Å². The van der Waals surface area contributed by atoms with E-state index in [-0.39, 0.29) is 24.9 Å². The van der Waals surface area contributed by atoms with Gasteiger partial charge >= 0.3 is 12.0 Å². The molecule has 170 valence electrons. The number of ether oxygens (including phenoxy) is 1. The zero-order valence-corrected chi connectivity index (χ0v) is 19.2. The molecule has 0 spiro atoms. The van der Waals surface area contributed by atoms with E-state index in [1.165, 1.54) is 4.90 Å². The van der Waals surface area contributed by atoms with Crippen molar-refractivity contribution in [3.8, 4) is 11.3 Å². The minimum absolute atomic E-state index is 0. The normalized spacial score (nSPS) is 11.3. The predicted molar refractivity (Wildman–Crippen MR) is 125 cm³/mol. The van der Waals surface area contributed by atoms with E-state index in [4.69, 9.17) is 9.84 Å². The number of carbonyl (C=O) groups is 2. The fraction of sp³-hybridized carbons (Fsp3) is 0.435. The van der Waals surface area contributed by atoms with Crippen molar-refractivity contribution in [2.24, 2.45) is 0 Å². The van der Waals surface area contributed by atoms with Crippen molar-refractivity contribution in [1.29, 1.82) is 0 Å². The van der Waals surface area contributed by atoms with Crippen LogP contribution in [0.3, 0.4) is 0 Å². The number of hydrogen-bond acceptors (Lipinski definition) is 4. The summed E-state index contributed by atoms with van der Waals surface area (Å²) in [5, 5.41) is 12.0. The predicted octanol–water partition coefficient (Wildman–Crippen LogP) is 5.06. The SMILES string of the molecule is CCCCCNC(=O)N(C)c1cccc(-c2ccc(C(CC(=O)O)OCC)cc2)n1.Cl. The van der Waals surface area contributed by atoms with Crippen LogP contribution in [0.5, 0.6) is 0 Å². The maximum atomic E-state index is 12.3. The van der Waals surface area contributed by atoms with Crippen LogP contribution in [0.15, 0.2) is 42.5 Å². The summed E-state index contributed by atoms with van der Waals surface area (Å²) in [5.41, 5.74) is 2.42. The quantitative estimate of drug-likeness (QED) is 0.468. The monoisotopic (exact) mass is 449 g/mol. The van der Waals surface area contributed by atoms with Gasteiger partial charge in [0.15, 0.2) is 0 Å². The standard InChI is InChI=1S/C23H31N3O4.ClH/c1-4-6-7-15-24-23(29)26(3)21-10-8-9-19(25-21)17-11-13-18(14-12-17)20(30-5-2)16-22(27)28;/h8-14,20H,4-7,15-16H2,1-3H3,(H,24,29)(H,27,28);1H. The van der Waals surface area contributed by atoms with Crippen LogP contribution in [0.25, 0.3) is 11.3 Å². The highest BCUT2D eigenvalue weighted by Gasteiger charge is 2.16. The Balaban J connectivity index is 0.00000480. The van der Waals surface area contributed by atoms with Crippen molar-refractivity contribution in [3.05, 3.63) is 48.0 Å². The third-order valence-electron chi connectivity index (χ3n) is 4.75. The molecule has 2 rings (SSSR count). The number of amides is 2. The summed E-state index contributed by atoms with van der Waals surface area (Å²) in [4.78, 5) is 29.5. The van der Waals surface area contributed by atoms with Crippen molar-refractivity contribution in [2.45, 2.75) is 45.6 Å². The fourth-order valence-corrected chi connectivity index (χ4v) is 3.07. The lowest BCUT2D eigenvalue weighted by Gasteiger charge is -2.18. The number of halogens is 1. The van der Waals surface area contributed by atoms with Crippen molar-refractivity contribution in [1.82, 2.24) is 10.3 Å². The molecule has 0 saturated carbocycles. The molecule has 1 atom stereocenters. The number of nitrogens with one attached hydrogen (secondary N) is 1. The van der Waals surface area contributed by atoms with Gasteiger partial charge in [-0.1, -0.05) is 50.1 Å². The van der Waals surface area contributed by atoms with Gasteiger partial charge in [0.2, 0.25) is 0 Å². The molecule has 0 fully saturated rings. The molecule has 0 saturated heterocycles. The van der Waals surface area contributed by atoms with Gasteiger partial charge in [-0.25, -0.2) is 9.78 Å². The van der Waals surface area contributed by atoms with Crippen LogP contribution in [-0.4, -0.2) is 42.3 Å². The Bertz CT molecular complexity index is 830. The molecule has 2 amide bonds. The minimum atomic E-state index is -0.900. The number of anilines is 1. The first-order valence-corrected chi connectivity index (χ1v) is 10.4. The third kappa shape index (κ3) is 8.19. The third-order valence-corrected chi connectivity index (χ3v) is 4.75. The number of aromatic nitrogens is 1. The van der Waals surface area contributed by atoms with Crippen LogP contribution in [0.2, 0.25) is 0 Å². The van der Waals surface area contributed by atoms with Crippen molar-refractivity contribution in [3.63, 3.8) is 0 Å². The van der Waals surface area contributed by atoms with E-state index in [0.717, 1.165) is 36.1 Å². The number of carboxylic acid groups (broad SMARTS) is 1. The van der Waals surface area contributed by atoms with Gasteiger partial charge in [-0.05, 0) is 31.0 Å². The van der Waals surface area contributed by atoms with Crippen molar-refractivity contribution in [2.75, 3.05) is 25.1 Å². The average Bonchev–Trinajstić information content (AvgIpc) is 2.75. The molecule has 0 bridgehead atoms. The molecule has 0 aliphatic heterocycles. The lowest BCUT2D eigenvalue weighted by Crippen LogP contribution is -2.38. The summed E-state index contributed by atoms with van der Waals surface area (Å²) >= 11 is 0. The van der Waals surface area contributed by atoms with Gasteiger partial charge in [-0.3, -0.25) is 9.69 Å². The van der Waals surface area contributed by atoms with Crippen molar-refractivity contribution >= 4 is 30.2 Å². The number of nitrogens with zero attached hydrogens (tertiary/aromatic N) is 2. The van der Waals surface area contributed by atoms with Gasteiger partial charge in [-0.2, -0.15) is 0 Å². The van der Waals surface area contributed by atoms with Gasteiger partial charge in [-0.15, -0.1) is 12.4 Å². The van der Waals surface area contributed by atoms with E-state index >= 15 is 0 Å². The van der Waals surface area contributed by atoms with Gasteiger partial charge in [0.25, 0.3) is 0 Å². The molecule has 1 heterocycles. The average molecular weight is 450 g/mol. The first-order chi connectivity index (χ1) is 14.5.